The van der Waals surface area contributed by atoms with Gasteiger partial charge in [-0.1, -0.05) is 127 Å². The van der Waals surface area contributed by atoms with E-state index in [1.807, 2.05) is 53.2 Å². The zero-order valence-electron chi connectivity index (χ0n) is 42.5. The molecule has 0 aliphatic carbocycles. The molecule has 0 aliphatic rings. The fraction of sp³-hybridized carbons (Fsp3) is 0.153. The molecule has 1 aromatic heterocycles. The Morgan fingerprint density at radius 2 is 0.605 bits per heavy atom. The molecule has 0 aliphatic heterocycles. The summed E-state index contributed by atoms with van der Waals surface area (Å²) in [5.74, 6) is 0.105. The molecule has 86 heavy (non-hydrogen) atoms. The summed E-state index contributed by atoms with van der Waals surface area (Å²) in [6.07, 6.45) is -52.8. The van der Waals surface area contributed by atoms with Crippen LogP contribution in [0.1, 0.15) is 54.9 Å². The first kappa shape index (κ1) is 63.5. The summed E-state index contributed by atoms with van der Waals surface area (Å²) < 4.78 is 343. The molecule has 450 valence electrons. The van der Waals surface area contributed by atoms with E-state index in [2.05, 4.69) is 60.7 Å². The van der Waals surface area contributed by atoms with Gasteiger partial charge in [0.25, 0.3) is 0 Å². The Bertz CT molecular complexity index is 3560. The van der Waals surface area contributed by atoms with Crippen LogP contribution in [-0.4, -0.2) is 11.9 Å². The standard InChI is InChI=1S/C32H12BF24.C27H20NO/c34-25(35,36)13-1-14(26(37,38)39)6-21(5-13)33(22-7-15(27(40,41)42)2-16(8-22)28(43,44)45,23-9-17(29(46,47)48)3-18(10-23)30(49,50)51)24-11-19(31(52,53)54)4-20(12-24)32(55,56)57;29-27(20-10-2-1-3-11-20)19-28-17-9-8-16-26(28)25-18-21-12-4-5-13-22(21)23-14-6-7-15-24(23)25/h1-12H;1-18H,19H2/q-1;+1. The molecule has 0 saturated heterocycles. The smallest absolute Gasteiger partial charge is 0.287 e. The van der Waals surface area contributed by atoms with Crippen molar-refractivity contribution in [3.8, 4) is 11.3 Å². The number of carbonyl (C=O) groups is 1. The number of carbonyl (C=O) groups excluding carboxylic acids is 1. The number of fused-ring (bicyclic) bond motifs is 3. The monoisotopic (exact) mass is 1240 g/mol. The van der Waals surface area contributed by atoms with Crippen LogP contribution >= 0.6 is 0 Å². The third kappa shape index (κ3) is 13.4. The SMILES string of the molecule is FC(F)(F)c1cc([B-](c2cc(C(F)(F)F)cc(C(F)(F)F)c2)(c2cc(C(F)(F)F)cc(C(F)(F)F)c2)c2cc(C(F)(F)F)cc(C(F)(F)F)c2)cc(C(F)(F)F)c1.O=C(C[n+]1ccccc1-c1cc2ccccc2c2ccccc12)c1ccccc1. The number of ketones is 1. The van der Waals surface area contributed by atoms with Crippen LogP contribution in [0.15, 0.2) is 182 Å². The van der Waals surface area contributed by atoms with Gasteiger partial charge in [0.2, 0.25) is 18.0 Å². The van der Waals surface area contributed by atoms with Crippen molar-refractivity contribution >= 4 is 55.3 Å². The van der Waals surface area contributed by atoms with Crippen LogP contribution in [0.3, 0.4) is 0 Å². The molecule has 0 bridgehead atoms. The maximum atomic E-state index is 14.2. The highest BCUT2D eigenvalue weighted by atomic mass is 19.4. The van der Waals surface area contributed by atoms with Crippen LogP contribution in [0.5, 0.6) is 0 Å². The van der Waals surface area contributed by atoms with Crippen LogP contribution in [-0.2, 0) is 56.0 Å². The van der Waals surface area contributed by atoms with Crippen LogP contribution in [0.4, 0.5) is 105 Å². The third-order valence-corrected chi connectivity index (χ3v) is 13.8. The summed E-state index contributed by atoms with van der Waals surface area (Å²) >= 11 is 0. The van der Waals surface area contributed by atoms with E-state index in [0.29, 0.717) is 6.54 Å². The average molecular weight is 1240 g/mol. The first-order valence-electron chi connectivity index (χ1n) is 24.4. The summed E-state index contributed by atoms with van der Waals surface area (Å²) in [4.78, 5) is 12.9. The number of nitrogens with zero attached hydrogens (tertiary/aromatic N) is 1. The molecule has 9 aromatic rings. The molecule has 27 heteroatoms. The Hall–Kier alpha value is -8.52. The molecule has 0 unspecified atom stereocenters. The number of rotatable bonds is 8. The molecule has 2 nitrogen and oxygen atoms in total. The minimum absolute atomic E-state index is 0.105. The molecular weight excluding hydrogens is 1210 g/mol. The second kappa shape index (κ2) is 22.4. The minimum atomic E-state index is -6.13. The molecule has 9 rings (SSSR count). The lowest BCUT2D eigenvalue weighted by Crippen LogP contribution is -2.75. The summed E-state index contributed by atoms with van der Waals surface area (Å²) in [7, 11) is 0. The van der Waals surface area contributed by atoms with Crippen LogP contribution in [0.2, 0.25) is 0 Å². The molecular formula is C59H32BF24NO. The highest BCUT2D eigenvalue weighted by molar-refractivity contribution is 7.20. The maximum absolute atomic E-state index is 14.2. The zero-order valence-corrected chi connectivity index (χ0v) is 42.5. The van der Waals surface area contributed by atoms with Crippen LogP contribution in [0, 0.1) is 0 Å². The number of aromatic nitrogens is 1. The normalized spacial score (nSPS) is 13.2. The molecule has 0 atom stereocenters. The van der Waals surface area contributed by atoms with Gasteiger partial charge in [-0.2, -0.15) is 132 Å². The maximum Gasteiger partial charge on any atom is 0.416 e. The van der Waals surface area contributed by atoms with Gasteiger partial charge in [-0.05, 0) is 57.9 Å². The lowest BCUT2D eigenvalue weighted by atomic mass is 9.12. The Morgan fingerprint density at radius 1 is 0.314 bits per heavy atom. The Balaban J connectivity index is 0.000000274. The highest BCUT2D eigenvalue weighted by Crippen LogP contribution is 2.42. The second-order valence-electron chi connectivity index (χ2n) is 19.4. The van der Waals surface area contributed by atoms with E-state index >= 15 is 0 Å². The molecule has 1 heterocycles. The van der Waals surface area contributed by atoms with E-state index in [0.717, 1.165) is 16.8 Å². The van der Waals surface area contributed by atoms with Gasteiger partial charge in [0.1, 0.15) is 6.15 Å². The fourth-order valence-corrected chi connectivity index (χ4v) is 10.1. The van der Waals surface area contributed by atoms with Gasteiger partial charge in [0, 0.05) is 17.7 Å². The molecule has 0 amide bonds. The van der Waals surface area contributed by atoms with E-state index in [1.165, 1.54) is 21.5 Å². The second-order valence-corrected chi connectivity index (χ2v) is 19.4. The van der Waals surface area contributed by atoms with Gasteiger partial charge in [-0.25, -0.2) is 0 Å². The summed E-state index contributed by atoms with van der Waals surface area (Å²) in [6, 6.07) is 25.9. The van der Waals surface area contributed by atoms with Crippen molar-refractivity contribution in [3.05, 3.63) is 232 Å². The lowest BCUT2D eigenvalue weighted by molar-refractivity contribution is -0.672. The molecule has 0 N–H and O–H groups in total. The van der Waals surface area contributed by atoms with Crippen molar-refractivity contribution in [2.24, 2.45) is 0 Å². The number of halogens is 24. The quantitative estimate of drug-likeness (QED) is 0.0488. The first-order chi connectivity index (χ1) is 39.6. The molecule has 0 fully saturated rings. The third-order valence-electron chi connectivity index (χ3n) is 13.8. The molecule has 0 radical (unpaired) electrons. The Kier molecular flexibility index (Phi) is 16.5. The summed E-state index contributed by atoms with van der Waals surface area (Å²) in [5.41, 5.74) is -27.3. The van der Waals surface area contributed by atoms with Crippen molar-refractivity contribution < 1.29 is 115 Å². The van der Waals surface area contributed by atoms with Crippen LogP contribution < -0.4 is 26.4 Å². The van der Waals surface area contributed by atoms with Gasteiger partial charge in [-0.15, -0.1) is 0 Å². The van der Waals surface area contributed by atoms with Crippen molar-refractivity contribution in [1.82, 2.24) is 0 Å². The number of Topliss-reactive ketones (excluding diaryl/α,β-unsaturated/α-hetero) is 1. The average Bonchev–Trinajstić information content (AvgIpc) is 0.802. The largest absolute Gasteiger partial charge is 0.416 e. The number of alkyl halides is 24. The predicted molar refractivity (Wildman–Crippen MR) is 268 cm³/mol. The van der Waals surface area contributed by atoms with Crippen molar-refractivity contribution in [1.29, 1.82) is 0 Å². The number of benzene rings is 8. The lowest BCUT2D eigenvalue weighted by Gasteiger charge is -2.46. The number of hydrogen-bond acceptors (Lipinski definition) is 1. The Morgan fingerprint density at radius 3 is 0.942 bits per heavy atom. The highest BCUT2D eigenvalue weighted by Gasteiger charge is 2.47. The van der Waals surface area contributed by atoms with Crippen molar-refractivity contribution in [2.45, 2.75) is 56.0 Å². The topological polar surface area (TPSA) is 20.9 Å². The van der Waals surface area contributed by atoms with Gasteiger partial charge in [0.15, 0.2) is 6.20 Å². The minimum Gasteiger partial charge on any atom is -0.287 e. The fourth-order valence-electron chi connectivity index (χ4n) is 10.1. The van der Waals surface area contributed by atoms with Crippen molar-refractivity contribution in [2.75, 3.05) is 0 Å². The molecule has 8 aromatic carbocycles. The number of pyridine rings is 1. The van der Waals surface area contributed by atoms with Gasteiger partial charge < -0.3 is 0 Å². The van der Waals surface area contributed by atoms with E-state index in [4.69, 9.17) is 0 Å². The first-order valence-corrected chi connectivity index (χ1v) is 24.4. The Labute approximate surface area is 468 Å². The summed E-state index contributed by atoms with van der Waals surface area (Å²) in [6.45, 7) is 0.307. The van der Waals surface area contributed by atoms with Gasteiger partial charge in [-0.3, -0.25) is 4.79 Å². The molecule has 0 saturated carbocycles. The van der Waals surface area contributed by atoms with E-state index < -0.39 is 195 Å². The predicted octanol–water partition coefficient (Wildman–Crippen LogP) is 17.0. The van der Waals surface area contributed by atoms with Gasteiger partial charge >= 0.3 is 49.4 Å². The van der Waals surface area contributed by atoms with E-state index in [9.17, 15) is 110 Å². The van der Waals surface area contributed by atoms with E-state index in [1.54, 1.807) is 0 Å². The number of hydrogen-bond donors (Lipinski definition) is 0. The van der Waals surface area contributed by atoms with Crippen molar-refractivity contribution in [3.63, 3.8) is 0 Å². The van der Waals surface area contributed by atoms with Gasteiger partial charge in [0.05, 0.1) is 50.1 Å². The summed E-state index contributed by atoms with van der Waals surface area (Å²) in [5, 5.41) is 4.87. The molecule has 0 spiro atoms. The van der Waals surface area contributed by atoms with E-state index in [-0.39, 0.29) is 5.78 Å². The zero-order chi connectivity index (χ0) is 63.5. The van der Waals surface area contributed by atoms with Crippen LogP contribution in [0.25, 0.3) is 32.8 Å².